The Bertz CT molecular complexity index is 750. The van der Waals surface area contributed by atoms with Gasteiger partial charge in [-0.25, -0.2) is 9.10 Å². The number of esters is 1. The maximum absolute atomic E-state index is 12.9. The van der Waals surface area contributed by atoms with Crippen molar-refractivity contribution in [3.8, 4) is 0 Å². The van der Waals surface area contributed by atoms with Gasteiger partial charge in [-0.15, -0.1) is 0 Å². The molecule has 2 rings (SSSR count). The molecule has 0 aromatic rings. The third-order valence-electron chi connectivity index (χ3n) is 4.76. The molecule has 1 saturated carbocycles. The number of carbonyl (C=O) groups is 2. The van der Waals surface area contributed by atoms with Gasteiger partial charge >= 0.3 is 27.5 Å². The molecule has 1 heterocycles. The van der Waals surface area contributed by atoms with Crippen molar-refractivity contribution in [3.63, 3.8) is 0 Å². The lowest BCUT2D eigenvalue weighted by atomic mass is 9.65. The number of hydrogen-bond donors (Lipinski definition) is 1. The van der Waals surface area contributed by atoms with Gasteiger partial charge in [0.05, 0.1) is 12.5 Å². The highest BCUT2D eigenvalue weighted by molar-refractivity contribution is 7.90. The number of allylic oxidation sites excluding steroid dienone is 2. The Labute approximate surface area is 148 Å². The molecule has 2 aliphatic rings. The summed E-state index contributed by atoms with van der Waals surface area (Å²) in [4.78, 5) is 23.8. The molecule has 0 spiro atoms. The van der Waals surface area contributed by atoms with Crippen LogP contribution in [-0.4, -0.2) is 42.4 Å². The van der Waals surface area contributed by atoms with Gasteiger partial charge in [-0.3, -0.25) is 4.79 Å². The second kappa shape index (κ2) is 6.93. The molecule has 1 aliphatic carbocycles. The van der Waals surface area contributed by atoms with Gasteiger partial charge in [0.2, 0.25) is 0 Å². The Balaban J connectivity index is 2.52. The van der Waals surface area contributed by atoms with E-state index in [4.69, 9.17) is 0 Å². The lowest BCUT2D eigenvalue weighted by Crippen LogP contribution is -2.44. The van der Waals surface area contributed by atoms with Gasteiger partial charge < -0.3 is 9.84 Å². The smallest absolute Gasteiger partial charge is 0.481 e. The molecule has 0 aromatic carbocycles. The zero-order valence-corrected chi connectivity index (χ0v) is 14.6. The third-order valence-corrected chi connectivity index (χ3v) is 6.18. The summed E-state index contributed by atoms with van der Waals surface area (Å²) < 4.78 is 66.3. The van der Waals surface area contributed by atoms with Crippen LogP contribution in [0.15, 0.2) is 24.0 Å². The molecule has 1 aliphatic heterocycles. The van der Waals surface area contributed by atoms with Crippen LogP contribution < -0.4 is 0 Å². The summed E-state index contributed by atoms with van der Waals surface area (Å²) in [5, 5.41) is 9.69. The van der Waals surface area contributed by atoms with Crippen LogP contribution in [0.2, 0.25) is 0 Å². The van der Waals surface area contributed by atoms with Crippen LogP contribution in [0.4, 0.5) is 13.2 Å². The van der Waals surface area contributed by atoms with E-state index in [1.165, 1.54) is 0 Å². The molecule has 1 atom stereocenters. The van der Waals surface area contributed by atoms with E-state index in [0.29, 0.717) is 19.0 Å². The van der Waals surface area contributed by atoms with E-state index < -0.39 is 44.5 Å². The van der Waals surface area contributed by atoms with Crippen LogP contribution in [-0.2, 0) is 24.3 Å². The number of rotatable bonds is 4. The predicted molar refractivity (Wildman–Crippen MR) is 82.7 cm³/mol. The molecule has 7 nitrogen and oxygen atoms in total. The zero-order valence-electron chi connectivity index (χ0n) is 13.8. The fourth-order valence-electron chi connectivity index (χ4n) is 3.35. The average Bonchev–Trinajstić information content (AvgIpc) is 2.59. The van der Waals surface area contributed by atoms with Crippen LogP contribution in [0.5, 0.6) is 0 Å². The van der Waals surface area contributed by atoms with E-state index in [-0.39, 0.29) is 17.1 Å². The largest absolute Gasteiger partial charge is 0.517 e. The maximum atomic E-state index is 12.9. The quantitative estimate of drug-likeness (QED) is 0.731. The topological polar surface area (TPSA) is 101 Å². The number of aliphatic carboxylic acids is 1. The van der Waals surface area contributed by atoms with Crippen molar-refractivity contribution >= 4 is 22.0 Å². The molecule has 0 aromatic heterocycles. The number of sulfonamides is 1. The molecule has 0 amide bonds. The second-order valence-electron chi connectivity index (χ2n) is 6.18. The number of methoxy groups -OCH3 is 1. The summed E-state index contributed by atoms with van der Waals surface area (Å²) >= 11 is 0. The van der Waals surface area contributed by atoms with E-state index in [9.17, 15) is 36.3 Å². The summed E-state index contributed by atoms with van der Waals surface area (Å²) in [7, 11) is -4.98. The van der Waals surface area contributed by atoms with Crippen molar-refractivity contribution in [2.45, 2.75) is 37.6 Å². The van der Waals surface area contributed by atoms with Gasteiger partial charge in [0.25, 0.3) is 0 Å². The third kappa shape index (κ3) is 3.31. The first-order valence-electron chi connectivity index (χ1n) is 7.80. The monoisotopic (exact) mass is 397 g/mol. The molecule has 1 fully saturated rings. The molecule has 11 heteroatoms. The predicted octanol–water partition coefficient (Wildman–Crippen LogP) is 2.37. The number of nitrogens with zero attached hydrogens (tertiary/aromatic N) is 1. The Kier molecular flexibility index (Phi) is 5.41. The Hall–Kier alpha value is -2.04. The summed E-state index contributed by atoms with van der Waals surface area (Å²) in [6.45, 7) is 0. The number of ether oxygens (including phenoxy) is 1. The van der Waals surface area contributed by atoms with Crippen LogP contribution in [0.25, 0.3) is 0 Å². The van der Waals surface area contributed by atoms with Crippen molar-refractivity contribution in [2.24, 2.45) is 11.3 Å². The van der Waals surface area contributed by atoms with Gasteiger partial charge in [0, 0.05) is 12.1 Å². The maximum Gasteiger partial charge on any atom is 0.517 e. The number of halogens is 3. The Morgan fingerprint density at radius 1 is 1.27 bits per heavy atom. The Morgan fingerprint density at radius 3 is 2.31 bits per heavy atom. The second-order valence-corrected chi connectivity index (χ2v) is 7.99. The highest BCUT2D eigenvalue weighted by atomic mass is 32.2. The van der Waals surface area contributed by atoms with Gasteiger partial charge in [0.1, 0.15) is 5.70 Å². The number of alkyl halides is 3. The van der Waals surface area contributed by atoms with Crippen molar-refractivity contribution in [1.82, 2.24) is 4.31 Å². The van der Waals surface area contributed by atoms with Crippen molar-refractivity contribution in [2.75, 3.05) is 7.11 Å². The number of hydrogen-bond acceptors (Lipinski definition) is 5. The summed E-state index contributed by atoms with van der Waals surface area (Å²) in [5.74, 6) is -3.38. The van der Waals surface area contributed by atoms with Crippen LogP contribution in [0.1, 0.15) is 32.1 Å². The van der Waals surface area contributed by atoms with E-state index in [1.54, 1.807) is 0 Å². The lowest BCUT2D eigenvalue weighted by molar-refractivity contribution is -0.153. The summed E-state index contributed by atoms with van der Waals surface area (Å²) in [6, 6.07) is 0. The van der Waals surface area contributed by atoms with Crippen molar-refractivity contribution in [1.29, 1.82) is 0 Å². The number of carboxylic acids is 1. The fraction of sp³-hybridized carbons (Fsp3) is 0.600. The van der Waals surface area contributed by atoms with E-state index in [0.717, 1.165) is 25.7 Å². The number of carbonyl (C=O) groups excluding carboxylic acids is 1. The van der Waals surface area contributed by atoms with E-state index in [2.05, 4.69) is 4.74 Å². The van der Waals surface area contributed by atoms with Gasteiger partial charge in [-0.1, -0.05) is 25.3 Å². The Morgan fingerprint density at radius 2 is 1.85 bits per heavy atom. The molecule has 26 heavy (non-hydrogen) atoms. The molecule has 0 radical (unpaired) electrons. The molecule has 0 saturated heterocycles. The highest BCUT2D eigenvalue weighted by Gasteiger charge is 2.53. The molecule has 0 bridgehead atoms. The first-order chi connectivity index (χ1) is 12.0. The van der Waals surface area contributed by atoms with Crippen LogP contribution in [0.3, 0.4) is 0 Å². The zero-order chi connectivity index (χ0) is 19.8. The van der Waals surface area contributed by atoms with E-state index in [1.807, 2.05) is 0 Å². The van der Waals surface area contributed by atoms with Crippen molar-refractivity contribution < 1.29 is 41.0 Å². The SMILES string of the molecule is COC(=O)C1=CC(C2(C(=O)O)CCCCC2)C=CN1S(=O)(=O)C(F)(F)F. The van der Waals surface area contributed by atoms with Gasteiger partial charge in [0.15, 0.2) is 0 Å². The minimum atomic E-state index is -5.87. The minimum Gasteiger partial charge on any atom is -0.481 e. The van der Waals surface area contributed by atoms with Gasteiger partial charge in [-0.05, 0) is 18.9 Å². The van der Waals surface area contributed by atoms with Crippen molar-refractivity contribution in [3.05, 3.63) is 24.0 Å². The first kappa shape index (κ1) is 20.3. The lowest BCUT2D eigenvalue weighted by Gasteiger charge is -2.39. The standard InChI is InChI=1S/C15H18F3NO6S/c1-25-12(20)11-9-10(14(13(21)22)6-3-2-4-7-14)5-8-19(11)26(23,24)15(16,17)18/h5,8-10H,2-4,6-7H2,1H3,(H,21,22). The average molecular weight is 397 g/mol. The first-order valence-corrected chi connectivity index (χ1v) is 9.24. The normalized spacial score (nSPS) is 23.3. The minimum absolute atomic E-state index is 0.215. The van der Waals surface area contributed by atoms with Crippen LogP contribution >= 0.6 is 0 Å². The van der Waals surface area contributed by atoms with E-state index >= 15 is 0 Å². The summed E-state index contributed by atoms with van der Waals surface area (Å²) in [5.41, 5.74) is -7.81. The van der Waals surface area contributed by atoms with Crippen LogP contribution in [0, 0.1) is 11.3 Å². The molecular weight excluding hydrogens is 379 g/mol. The number of carboxylic acid groups (broad SMARTS) is 1. The molecule has 1 N–H and O–H groups in total. The fourth-order valence-corrected chi connectivity index (χ4v) is 4.20. The highest BCUT2D eigenvalue weighted by Crippen LogP contribution is 2.46. The molecular formula is C15H18F3NO6S. The molecule has 1 unspecified atom stereocenters. The molecule has 146 valence electrons. The summed E-state index contributed by atoms with van der Waals surface area (Å²) in [6.07, 6.45) is 5.20. The van der Waals surface area contributed by atoms with Gasteiger partial charge in [-0.2, -0.15) is 21.6 Å².